The highest BCUT2D eigenvalue weighted by atomic mass is 35.5. The van der Waals surface area contributed by atoms with Gasteiger partial charge in [-0.2, -0.15) is 5.10 Å². The maximum Gasteiger partial charge on any atom is 0.428 e. The van der Waals surface area contributed by atoms with Crippen molar-refractivity contribution in [1.82, 2.24) is 10.7 Å². The number of halogens is 2. The first kappa shape index (κ1) is 21.7. The number of hydrogen-bond donors (Lipinski definition) is 2. The van der Waals surface area contributed by atoms with Gasteiger partial charge in [0.15, 0.2) is 11.9 Å². The number of nitrogens with zero attached hydrogens (tertiary/aromatic N) is 1. The zero-order valence-electron chi connectivity index (χ0n) is 16.3. The number of rotatable bonds is 5. The second-order valence-electron chi connectivity index (χ2n) is 6.98. The van der Waals surface area contributed by atoms with E-state index in [1.165, 1.54) is 6.07 Å². The Morgan fingerprint density at radius 2 is 2.18 bits per heavy atom. The molecule has 1 fully saturated rings. The standard InChI is InChI=1S/C18H23ClFN3O5/c1-6-26-15-10(9(2)22-23-17(25)28-18(3,4)5)7-11(19)14(20)13(15)12-8-21-16(24)27-12/h7,12H,6,8H2,1-5H3,(H,21,24)(H,23,25)/b22-9+/t12-/m0/s1. The molecule has 1 saturated heterocycles. The van der Waals surface area contributed by atoms with Crippen molar-refractivity contribution in [3.05, 3.63) is 28.0 Å². The third-order valence-corrected chi connectivity index (χ3v) is 3.88. The summed E-state index contributed by atoms with van der Waals surface area (Å²) in [5.41, 5.74) is 2.25. The third-order valence-electron chi connectivity index (χ3n) is 3.60. The summed E-state index contributed by atoms with van der Waals surface area (Å²) in [6, 6.07) is 1.34. The van der Waals surface area contributed by atoms with Crippen LogP contribution in [0.3, 0.4) is 0 Å². The summed E-state index contributed by atoms with van der Waals surface area (Å²) in [7, 11) is 0. The van der Waals surface area contributed by atoms with E-state index in [2.05, 4.69) is 15.8 Å². The quantitative estimate of drug-likeness (QED) is 0.561. The largest absolute Gasteiger partial charge is 0.493 e. The van der Waals surface area contributed by atoms with Gasteiger partial charge in [-0.3, -0.25) is 0 Å². The number of alkyl carbamates (subject to hydrolysis) is 1. The number of nitrogens with one attached hydrogen (secondary N) is 2. The molecule has 1 aliphatic rings. The number of hydrazone groups is 1. The first-order chi connectivity index (χ1) is 13.0. The van der Waals surface area contributed by atoms with Crippen LogP contribution in [0.25, 0.3) is 0 Å². The van der Waals surface area contributed by atoms with E-state index in [9.17, 15) is 14.0 Å². The Labute approximate surface area is 167 Å². The molecule has 0 spiro atoms. The normalized spacial score (nSPS) is 17.0. The fourth-order valence-electron chi connectivity index (χ4n) is 2.53. The lowest BCUT2D eigenvalue weighted by atomic mass is 10.0. The Bertz CT molecular complexity index is 807. The van der Waals surface area contributed by atoms with Crippen LogP contribution in [-0.4, -0.2) is 36.7 Å². The Morgan fingerprint density at radius 1 is 1.50 bits per heavy atom. The van der Waals surface area contributed by atoms with Crippen LogP contribution < -0.4 is 15.5 Å². The summed E-state index contributed by atoms with van der Waals surface area (Å²) in [6.45, 7) is 8.78. The van der Waals surface area contributed by atoms with Crippen molar-refractivity contribution in [3.63, 3.8) is 0 Å². The fraction of sp³-hybridized carbons (Fsp3) is 0.500. The van der Waals surface area contributed by atoms with Gasteiger partial charge in [0.2, 0.25) is 0 Å². The molecule has 1 aliphatic heterocycles. The zero-order valence-corrected chi connectivity index (χ0v) is 17.1. The predicted octanol–water partition coefficient (Wildman–Crippen LogP) is 3.91. The Morgan fingerprint density at radius 3 is 2.71 bits per heavy atom. The van der Waals surface area contributed by atoms with Gasteiger partial charge >= 0.3 is 12.2 Å². The van der Waals surface area contributed by atoms with Crippen LogP contribution in [-0.2, 0) is 9.47 Å². The Kier molecular flexibility index (Phi) is 6.71. The summed E-state index contributed by atoms with van der Waals surface area (Å²) in [6.07, 6.45) is -2.31. The molecule has 0 aromatic heterocycles. The summed E-state index contributed by atoms with van der Waals surface area (Å²) in [5, 5.41) is 6.26. The Hall–Kier alpha value is -2.55. The van der Waals surface area contributed by atoms with Crippen molar-refractivity contribution in [2.24, 2.45) is 5.10 Å². The molecule has 0 unspecified atom stereocenters. The molecule has 8 nitrogen and oxygen atoms in total. The SMILES string of the molecule is CCOc1c(/C(C)=N/NC(=O)OC(C)(C)C)cc(Cl)c(F)c1[C@@H]1CNC(=O)O1. The lowest BCUT2D eigenvalue weighted by Gasteiger charge is -2.20. The molecule has 1 aromatic carbocycles. The van der Waals surface area contributed by atoms with Crippen molar-refractivity contribution in [1.29, 1.82) is 0 Å². The molecule has 2 N–H and O–H groups in total. The van der Waals surface area contributed by atoms with E-state index in [0.717, 1.165) is 0 Å². The van der Waals surface area contributed by atoms with Gasteiger partial charge in [0.05, 0.1) is 29.4 Å². The van der Waals surface area contributed by atoms with Crippen LogP contribution in [0.2, 0.25) is 5.02 Å². The molecule has 2 rings (SSSR count). The lowest BCUT2D eigenvalue weighted by molar-refractivity contribution is 0.0529. The minimum Gasteiger partial charge on any atom is -0.493 e. The number of ether oxygens (including phenoxy) is 3. The van der Waals surface area contributed by atoms with Gasteiger partial charge in [-0.05, 0) is 40.7 Å². The summed E-state index contributed by atoms with van der Waals surface area (Å²) < 4.78 is 30.6. The summed E-state index contributed by atoms with van der Waals surface area (Å²) in [4.78, 5) is 23.2. The van der Waals surface area contributed by atoms with E-state index in [4.69, 9.17) is 25.8 Å². The van der Waals surface area contributed by atoms with Crippen LogP contribution in [0.15, 0.2) is 11.2 Å². The molecule has 1 atom stereocenters. The summed E-state index contributed by atoms with van der Waals surface area (Å²) >= 11 is 6.04. The van der Waals surface area contributed by atoms with Gasteiger partial charge < -0.3 is 19.5 Å². The number of cyclic esters (lactones) is 1. The van der Waals surface area contributed by atoms with E-state index >= 15 is 0 Å². The molecule has 2 amide bonds. The van der Waals surface area contributed by atoms with Crippen molar-refractivity contribution < 1.29 is 28.2 Å². The van der Waals surface area contributed by atoms with Gasteiger partial charge in [-0.25, -0.2) is 19.4 Å². The maximum absolute atomic E-state index is 14.7. The molecule has 28 heavy (non-hydrogen) atoms. The van der Waals surface area contributed by atoms with Crippen LogP contribution in [0.4, 0.5) is 14.0 Å². The zero-order chi connectivity index (χ0) is 21.1. The van der Waals surface area contributed by atoms with E-state index in [1.54, 1.807) is 34.6 Å². The van der Waals surface area contributed by atoms with E-state index in [1.807, 2.05) is 0 Å². The number of carbonyl (C=O) groups excluding carboxylic acids is 2. The van der Waals surface area contributed by atoms with Gasteiger partial charge in [0.25, 0.3) is 0 Å². The van der Waals surface area contributed by atoms with Crippen LogP contribution in [0.1, 0.15) is 51.8 Å². The molecule has 0 saturated carbocycles. The molecule has 1 heterocycles. The predicted molar refractivity (Wildman–Crippen MR) is 101 cm³/mol. The first-order valence-corrected chi connectivity index (χ1v) is 9.04. The van der Waals surface area contributed by atoms with Crippen LogP contribution in [0, 0.1) is 5.82 Å². The number of hydrogen-bond acceptors (Lipinski definition) is 6. The van der Waals surface area contributed by atoms with Crippen molar-refractivity contribution in [3.8, 4) is 5.75 Å². The smallest absolute Gasteiger partial charge is 0.428 e. The second kappa shape index (κ2) is 8.64. The molecule has 0 bridgehead atoms. The van der Waals surface area contributed by atoms with E-state index in [0.29, 0.717) is 11.3 Å². The number of amides is 2. The molecular formula is C18H23ClFN3O5. The highest BCUT2D eigenvalue weighted by Crippen LogP contribution is 2.39. The fourth-order valence-corrected chi connectivity index (χ4v) is 2.74. The van der Waals surface area contributed by atoms with E-state index in [-0.39, 0.29) is 29.5 Å². The minimum atomic E-state index is -0.905. The molecule has 0 radical (unpaired) electrons. The van der Waals surface area contributed by atoms with Gasteiger partial charge in [-0.1, -0.05) is 11.6 Å². The molecule has 154 valence electrons. The first-order valence-electron chi connectivity index (χ1n) is 8.66. The van der Waals surface area contributed by atoms with Crippen molar-refractivity contribution >= 4 is 29.5 Å². The Balaban J connectivity index is 2.42. The van der Waals surface area contributed by atoms with Crippen molar-refractivity contribution in [2.75, 3.05) is 13.2 Å². The highest BCUT2D eigenvalue weighted by molar-refractivity contribution is 6.31. The topological polar surface area (TPSA) is 98.3 Å². The van der Waals surface area contributed by atoms with Gasteiger partial charge in [0.1, 0.15) is 11.4 Å². The maximum atomic E-state index is 14.7. The molecular weight excluding hydrogens is 393 g/mol. The van der Waals surface area contributed by atoms with Crippen molar-refractivity contribution in [2.45, 2.75) is 46.3 Å². The van der Waals surface area contributed by atoms with Crippen LogP contribution in [0.5, 0.6) is 5.75 Å². The summed E-state index contributed by atoms with van der Waals surface area (Å²) in [5.74, 6) is -0.610. The average molecular weight is 416 g/mol. The monoisotopic (exact) mass is 415 g/mol. The highest BCUT2D eigenvalue weighted by Gasteiger charge is 2.33. The van der Waals surface area contributed by atoms with Crippen LogP contribution >= 0.6 is 11.6 Å². The molecule has 1 aromatic rings. The second-order valence-corrected chi connectivity index (χ2v) is 7.39. The van der Waals surface area contributed by atoms with E-state index < -0.39 is 29.7 Å². The average Bonchev–Trinajstić information content (AvgIpc) is 3.00. The minimum absolute atomic E-state index is 0.00881. The van der Waals surface area contributed by atoms with Gasteiger partial charge in [-0.15, -0.1) is 0 Å². The lowest BCUT2D eigenvalue weighted by Crippen LogP contribution is -2.30. The molecule has 10 heteroatoms. The number of carbonyl (C=O) groups is 2. The molecule has 0 aliphatic carbocycles. The number of benzene rings is 1. The van der Waals surface area contributed by atoms with Gasteiger partial charge in [0, 0.05) is 5.56 Å². The third kappa shape index (κ3) is 5.25.